The number of carboxylic acids is 1. The van der Waals surface area contributed by atoms with Crippen LogP contribution in [0.15, 0.2) is 0 Å². The molecule has 0 aliphatic rings. The van der Waals surface area contributed by atoms with Crippen LogP contribution >= 0.6 is 11.8 Å². The minimum atomic E-state index is -1.33. The molecule has 0 fully saturated rings. The van der Waals surface area contributed by atoms with Gasteiger partial charge in [0.1, 0.15) is 18.1 Å². The Kier molecular flexibility index (Phi) is 13.6. The largest absolute Gasteiger partial charge is 0.480 e. The Balaban J connectivity index is 5.38. The molecule has 4 amide bonds. The number of nitrogens with one attached hydrogen (secondary N) is 3. The zero-order valence-electron chi connectivity index (χ0n) is 19.3. The molecule has 32 heavy (non-hydrogen) atoms. The molecular weight excluding hydrogens is 438 g/mol. The van der Waals surface area contributed by atoms with Crippen molar-refractivity contribution >= 4 is 41.4 Å². The van der Waals surface area contributed by atoms with Crippen LogP contribution in [0, 0.1) is 11.8 Å². The van der Waals surface area contributed by atoms with Gasteiger partial charge < -0.3 is 32.5 Å². The van der Waals surface area contributed by atoms with Gasteiger partial charge in [-0.3, -0.25) is 19.2 Å². The molecule has 0 bridgehead atoms. The molecule has 0 aromatic carbocycles. The van der Waals surface area contributed by atoms with Crippen LogP contribution in [0.25, 0.3) is 0 Å². The van der Waals surface area contributed by atoms with Crippen LogP contribution in [-0.2, 0) is 24.0 Å². The van der Waals surface area contributed by atoms with E-state index in [4.69, 9.17) is 11.5 Å². The minimum Gasteiger partial charge on any atom is -0.480 e. The maximum Gasteiger partial charge on any atom is 0.326 e. The summed E-state index contributed by atoms with van der Waals surface area (Å²) in [5.74, 6) is -3.67. The van der Waals surface area contributed by atoms with Crippen molar-refractivity contribution in [2.75, 3.05) is 12.0 Å². The standard InChI is InChI=1S/C20H37N5O6S/c1-10(2)15(22)18(28)23-12(8-9-32-5)17(27)25-16(11(3)4)19(29)24-13(20(30)31)6-7-14(21)26/h10-13,15-16H,6-9,22H2,1-5H3,(H2,21,26)(H,23,28)(H,24,29)(H,25,27)(H,30,31). The molecule has 4 unspecified atom stereocenters. The SMILES string of the molecule is CSCCC(NC(=O)C(N)C(C)C)C(=O)NC(C(=O)NC(CCC(N)=O)C(=O)O)C(C)C. The summed E-state index contributed by atoms with van der Waals surface area (Å²) >= 11 is 1.50. The lowest BCUT2D eigenvalue weighted by Gasteiger charge is -2.27. The average Bonchev–Trinajstić information content (AvgIpc) is 2.70. The van der Waals surface area contributed by atoms with E-state index in [2.05, 4.69) is 16.0 Å². The summed E-state index contributed by atoms with van der Waals surface area (Å²) in [7, 11) is 0. The van der Waals surface area contributed by atoms with E-state index in [1.165, 1.54) is 11.8 Å². The van der Waals surface area contributed by atoms with Crippen LogP contribution in [0.1, 0.15) is 47.0 Å². The minimum absolute atomic E-state index is 0.123. The van der Waals surface area contributed by atoms with Crippen LogP contribution in [0.4, 0.5) is 0 Å². The number of nitrogens with two attached hydrogens (primary N) is 2. The van der Waals surface area contributed by atoms with Crippen molar-refractivity contribution in [3.05, 3.63) is 0 Å². The van der Waals surface area contributed by atoms with E-state index in [0.717, 1.165) is 0 Å². The number of carbonyl (C=O) groups is 5. The Morgan fingerprint density at radius 1 is 0.844 bits per heavy atom. The Morgan fingerprint density at radius 3 is 1.84 bits per heavy atom. The second-order valence-electron chi connectivity index (χ2n) is 8.25. The van der Waals surface area contributed by atoms with E-state index >= 15 is 0 Å². The summed E-state index contributed by atoms with van der Waals surface area (Å²) in [6, 6.07) is -4.07. The van der Waals surface area contributed by atoms with Crippen LogP contribution in [0.3, 0.4) is 0 Å². The van der Waals surface area contributed by atoms with Gasteiger partial charge >= 0.3 is 5.97 Å². The first-order valence-corrected chi connectivity index (χ1v) is 11.9. The van der Waals surface area contributed by atoms with Gasteiger partial charge in [-0.15, -0.1) is 0 Å². The van der Waals surface area contributed by atoms with Crippen molar-refractivity contribution in [1.29, 1.82) is 0 Å². The summed E-state index contributed by atoms with van der Waals surface area (Å²) in [5, 5.41) is 16.9. The number of aliphatic carboxylic acids is 1. The fraction of sp³-hybridized carbons (Fsp3) is 0.750. The zero-order valence-corrected chi connectivity index (χ0v) is 20.2. The smallest absolute Gasteiger partial charge is 0.326 e. The highest BCUT2D eigenvalue weighted by Gasteiger charge is 2.32. The van der Waals surface area contributed by atoms with Crippen molar-refractivity contribution in [3.63, 3.8) is 0 Å². The van der Waals surface area contributed by atoms with Gasteiger partial charge in [-0.25, -0.2) is 4.79 Å². The fourth-order valence-corrected chi connectivity index (χ4v) is 3.14. The molecule has 0 aliphatic carbocycles. The molecule has 0 aromatic rings. The number of hydrogen-bond donors (Lipinski definition) is 6. The topological polar surface area (TPSA) is 194 Å². The van der Waals surface area contributed by atoms with Crippen molar-refractivity contribution < 1.29 is 29.1 Å². The van der Waals surface area contributed by atoms with Gasteiger partial charge in [0, 0.05) is 6.42 Å². The number of carboxylic acid groups (broad SMARTS) is 1. The lowest BCUT2D eigenvalue weighted by molar-refractivity contribution is -0.143. The molecule has 184 valence electrons. The number of thioether (sulfide) groups is 1. The van der Waals surface area contributed by atoms with Crippen LogP contribution in [-0.4, -0.2) is 70.9 Å². The molecule has 11 nitrogen and oxygen atoms in total. The Morgan fingerprint density at radius 2 is 1.41 bits per heavy atom. The Hall–Kier alpha value is -2.34. The molecule has 8 N–H and O–H groups in total. The van der Waals surface area contributed by atoms with E-state index in [9.17, 15) is 29.1 Å². The summed E-state index contributed by atoms with van der Waals surface area (Å²) in [5.41, 5.74) is 10.9. The molecule has 0 saturated heterocycles. The summed E-state index contributed by atoms with van der Waals surface area (Å²) in [4.78, 5) is 60.3. The predicted molar refractivity (Wildman–Crippen MR) is 123 cm³/mol. The first-order chi connectivity index (χ1) is 14.8. The van der Waals surface area contributed by atoms with Crippen molar-refractivity contribution in [3.8, 4) is 0 Å². The zero-order chi connectivity index (χ0) is 25.0. The van der Waals surface area contributed by atoms with Gasteiger partial charge in [0.05, 0.1) is 6.04 Å². The fourth-order valence-electron chi connectivity index (χ4n) is 2.67. The quantitative estimate of drug-likeness (QED) is 0.177. The van der Waals surface area contributed by atoms with Crippen LogP contribution < -0.4 is 27.4 Å². The Bertz CT molecular complexity index is 673. The number of carbonyl (C=O) groups excluding carboxylic acids is 4. The lowest BCUT2D eigenvalue weighted by Crippen LogP contribution is -2.58. The molecule has 0 heterocycles. The third-order valence-corrected chi connectivity index (χ3v) is 5.45. The van der Waals surface area contributed by atoms with E-state index in [-0.39, 0.29) is 24.7 Å². The normalized spacial score (nSPS) is 14.9. The molecule has 4 atom stereocenters. The lowest BCUT2D eigenvalue weighted by atomic mass is 10.0. The van der Waals surface area contributed by atoms with Gasteiger partial charge in [0.2, 0.25) is 23.6 Å². The third-order valence-electron chi connectivity index (χ3n) is 4.81. The number of primary amides is 1. The molecule has 0 aromatic heterocycles. The monoisotopic (exact) mass is 475 g/mol. The second kappa shape index (κ2) is 14.7. The predicted octanol–water partition coefficient (Wildman–Crippen LogP) is -0.817. The summed E-state index contributed by atoms with van der Waals surface area (Å²) in [6.45, 7) is 6.96. The van der Waals surface area contributed by atoms with Crippen LogP contribution in [0.5, 0.6) is 0 Å². The highest BCUT2D eigenvalue weighted by molar-refractivity contribution is 7.98. The van der Waals surface area contributed by atoms with Gasteiger partial charge in [-0.2, -0.15) is 11.8 Å². The average molecular weight is 476 g/mol. The van der Waals surface area contributed by atoms with Crippen LogP contribution in [0.2, 0.25) is 0 Å². The van der Waals surface area contributed by atoms with Gasteiger partial charge in [0.25, 0.3) is 0 Å². The van der Waals surface area contributed by atoms with Gasteiger partial charge in [-0.05, 0) is 36.7 Å². The van der Waals surface area contributed by atoms with Gasteiger partial charge in [-0.1, -0.05) is 27.7 Å². The highest BCUT2D eigenvalue weighted by atomic mass is 32.2. The maximum absolute atomic E-state index is 12.9. The van der Waals surface area contributed by atoms with E-state index in [0.29, 0.717) is 12.2 Å². The highest BCUT2D eigenvalue weighted by Crippen LogP contribution is 2.08. The van der Waals surface area contributed by atoms with Crippen molar-refractivity contribution in [1.82, 2.24) is 16.0 Å². The number of amides is 4. The molecule has 0 spiro atoms. The van der Waals surface area contributed by atoms with E-state index < -0.39 is 53.8 Å². The molecule has 0 rings (SSSR count). The third kappa shape index (κ3) is 10.8. The van der Waals surface area contributed by atoms with Crippen molar-refractivity contribution in [2.24, 2.45) is 23.3 Å². The molecule has 0 radical (unpaired) electrons. The maximum atomic E-state index is 12.9. The van der Waals surface area contributed by atoms with E-state index in [1.54, 1.807) is 27.7 Å². The molecular formula is C20H37N5O6S. The summed E-state index contributed by atoms with van der Waals surface area (Å²) in [6.07, 6.45) is 1.80. The Labute approximate surface area is 193 Å². The first kappa shape index (κ1) is 29.7. The van der Waals surface area contributed by atoms with Crippen molar-refractivity contribution in [2.45, 2.75) is 71.1 Å². The molecule has 12 heteroatoms. The summed E-state index contributed by atoms with van der Waals surface area (Å²) < 4.78 is 0. The molecule has 0 aliphatic heterocycles. The van der Waals surface area contributed by atoms with Gasteiger partial charge in [0.15, 0.2) is 0 Å². The second-order valence-corrected chi connectivity index (χ2v) is 9.23. The molecule has 0 saturated carbocycles. The van der Waals surface area contributed by atoms with E-state index in [1.807, 2.05) is 6.26 Å². The number of hydrogen-bond acceptors (Lipinski definition) is 7. The number of rotatable bonds is 15. The first-order valence-electron chi connectivity index (χ1n) is 10.5.